The van der Waals surface area contributed by atoms with Crippen molar-refractivity contribution in [3.63, 3.8) is 0 Å². The van der Waals surface area contributed by atoms with E-state index < -0.39 is 0 Å². The van der Waals surface area contributed by atoms with Gasteiger partial charge in [-0.2, -0.15) is 0 Å². The van der Waals surface area contributed by atoms with Gasteiger partial charge in [0.2, 0.25) is 0 Å². The molecule has 2 aromatic rings. The van der Waals surface area contributed by atoms with E-state index >= 15 is 0 Å². The zero-order valence-electron chi connectivity index (χ0n) is 18.7. The van der Waals surface area contributed by atoms with E-state index in [4.69, 9.17) is 14.5 Å². The Morgan fingerprint density at radius 3 is 2.84 bits per heavy atom. The maximum absolute atomic E-state index is 12.7. The van der Waals surface area contributed by atoms with Crippen molar-refractivity contribution in [3.05, 3.63) is 47.8 Å². The number of piperidine rings is 1. The van der Waals surface area contributed by atoms with E-state index in [-0.39, 0.29) is 18.4 Å². The summed E-state index contributed by atoms with van der Waals surface area (Å²) >= 11 is 1.71. The number of aromatic nitrogens is 2. The van der Waals surface area contributed by atoms with Crippen LogP contribution in [0.3, 0.4) is 0 Å². The summed E-state index contributed by atoms with van der Waals surface area (Å²) in [5.74, 6) is 1.96. The number of hydrogen-bond donors (Lipinski definition) is 0. The summed E-state index contributed by atoms with van der Waals surface area (Å²) in [5, 5.41) is 0.828. The van der Waals surface area contributed by atoms with Gasteiger partial charge in [-0.3, -0.25) is 9.69 Å². The molecule has 1 aromatic heterocycles. The lowest BCUT2D eigenvalue weighted by Crippen LogP contribution is -2.41. The number of rotatable bonds is 8. The van der Waals surface area contributed by atoms with Crippen LogP contribution in [0.25, 0.3) is 0 Å². The lowest BCUT2D eigenvalue weighted by atomic mass is 9.92. The number of carbonyl (C=O) groups excluding carboxylic acids is 1. The van der Waals surface area contributed by atoms with Gasteiger partial charge in [0, 0.05) is 50.6 Å². The van der Waals surface area contributed by atoms with Gasteiger partial charge < -0.3 is 14.4 Å². The summed E-state index contributed by atoms with van der Waals surface area (Å²) in [6.07, 6.45) is 3.95. The van der Waals surface area contributed by atoms with Crippen LogP contribution in [0.5, 0.6) is 5.75 Å². The van der Waals surface area contributed by atoms with Gasteiger partial charge in [-0.05, 0) is 37.5 Å². The molecule has 1 aromatic carbocycles. The number of para-hydroxylation sites is 1. The standard InChI is InChI=1S/C24H32N4O3S/c1-19-16-25-24(32-15-12-27-10-13-30-14-11-27)26-23(19)20-6-5-9-28(17-20)22(29)18-31-21-7-3-2-4-8-21/h2-4,7-8,16,20H,5-6,9-15,17-18H2,1H3. The maximum atomic E-state index is 12.7. The van der Waals surface area contributed by atoms with Gasteiger partial charge >= 0.3 is 0 Å². The average Bonchev–Trinajstić information content (AvgIpc) is 2.85. The van der Waals surface area contributed by atoms with Crippen molar-refractivity contribution in [1.82, 2.24) is 19.8 Å². The highest BCUT2D eigenvalue weighted by Gasteiger charge is 2.27. The van der Waals surface area contributed by atoms with Crippen LogP contribution >= 0.6 is 11.8 Å². The lowest BCUT2D eigenvalue weighted by Gasteiger charge is -2.33. The fourth-order valence-corrected chi connectivity index (χ4v) is 5.01. The Labute approximate surface area is 194 Å². The molecule has 0 radical (unpaired) electrons. The minimum atomic E-state index is 0.0328. The van der Waals surface area contributed by atoms with Gasteiger partial charge in [-0.15, -0.1) is 0 Å². The third kappa shape index (κ3) is 6.43. The molecule has 2 aliphatic heterocycles. The molecule has 32 heavy (non-hydrogen) atoms. The zero-order chi connectivity index (χ0) is 22.2. The molecule has 7 nitrogen and oxygen atoms in total. The molecule has 1 unspecified atom stereocenters. The van der Waals surface area contributed by atoms with Crippen molar-refractivity contribution in [2.45, 2.75) is 30.8 Å². The minimum absolute atomic E-state index is 0.0328. The number of nitrogens with zero attached hydrogens (tertiary/aromatic N) is 4. The predicted octanol–water partition coefficient (Wildman–Crippen LogP) is 2.99. The predicted molar refractivity (Wildman–Crippen MR) is 125 cm³/mol. The molecule has 2 aliphatic rings. The summed E-state index contributed by atoms with van der Waals surface area (Å²) < 4.78 is 11.1. The molecule has 0 spiro atoms. The van der Waals surface area contributed by atoms with Crippen LogP contribution in [0.4, 0.5) is 0 Å². The fourth-order valence-electron chi connectivity index (χ4n) is 4.19. The smallest absolute Gasteiger partial charge is 0.260 e. The molecule has 0 saturated carbocycles. The molecule has 2 saturated heterocycles. The summed E-state index contributed by atoms with van der Waals surface area (Å²) in [6.45, 7) is 8.27. The Bertz CT molecular complexity index is 877. The van der Waals surface area contributed by atoms with E-state index in [1.54, 1.807) is 11.8 Å². The molecule has 8 heteroatoms. The topological polar surface area (TPSA) is 67.8 Å². The Balaban J connectivity index is 1.31. The molecule has 0 aliphatic carbocycles. The van der Waals surface area contributed by atoms with Crippen LogP contribution < -0.4 is 4.74 Å². The van der Waals surface area contributed by atoms with Crippen molar-refractivity contribution in [2.24, 2.45) is 0 Å². The van der Waals surface area contributed by atoms with Crippen molar-refractivity contribution in [3.8, 4) is 5.75 Å². The first-order chi connectivity index (χ1) is 15.7. The minimum Gasteiger partial charge on any atom is -0.484 e. The van der Waals surface area contributed by atoms with E-state index in [1.807, 2.05) is 41.4 Å². The van der Waals surface area contributed by atoms with Gasteiger partial charge in [-0.25, -0.2) is 9.97 Å². The quantitative estimate of drug-likeness (QED) is 0.447. The first-order valence-corrected chi connectivity index (χ1v) is 12.4. The average molecular weight is 457 g/mol. The van der Waals surface area contributed by atoms with Crippen LogP contribution in [0.15, 0.2) is 41.7 Å². The van der Waals surface area contributed by atoms with E-state index in [9.17, 15) is 4.79 Å². The summed E-state index contributed by atoms with van der Waals surface area (Å²) in [7, 11) is 0. The monoisotopic (exact) mass is 456 g/mol. The third-order valence-electron chi connectivity index (χ3n) is 6.00. The molecule has 0 bridgehead atoms. The Kier molecular flexibility index (Phi) is 8.36. The molecule has 1 atom stereocenters. The second-order valence-corrected chi connectivity index (χ2v) is 9.37. The largest absolute Gasteiger partial charge is 0.484 e. The van der Waals surface area contributed by atoms with E-state index in [0.29, 0.717) is 6.54 Å². The highest BCUT2D eigenvalue weighted by molar-refractivity contribution is 7.99. The van der Waals surface area contributed by atoms with Crippen LogP contribution in [-0.2, 0) is 9.53 Å². The van der Waals surface area contributed by atoms with Crippen molar-refractivity contribution < 1.29 is 14.3 Å². The second kappa shape index (κ2) is 11.6. The first-order valence-electron chi connectivity index (χ1n) is 11.4. The molecule has 1 amide bonds. The Hall–Kier alpha value is -2.16. The van der Waals surface area contributed by atoms with E-state index in [2.05, 4.69) is 16.8 Å². The molecular weight excluding hydrogens is 424 g/mol. The number of amides is 1. The van der Waals surface area contributed by atoms with Gasteiger partial charge in [0.25, 0.3) is 5.91 Å². The third-order valence-corrected chi connectivity index (χ3v) is 6.84. The SMILES string of the molecule is Cc1cnc(SCCN2CCOCC2)nc1C1CCCN(C(=O)COc2ccccc2)C1. The lowest BCUT2D eigenvalue weighted by molar-refractivity contribution is -0.134. The van der Waals surface area contributed by atoms with Gasteiger partial charge in [0.05, 0.1) is 18.9 Å². The summed E-state index contributed by atoms with van der Waals surface area (Å²) in [5.41, 5.74) is 2.18. The second-order valence-electron chi connectivity index (χ2n) is 8.30. The number of hydrogen-bond acceptors (Lipinski definition) is 7. The Morgan fingerprint density at radius 2 is 2.03 bits per heavy atom. The maximum Gasteiger partial charge on any atom is 0.260 e. The number of ether oxygens (including phenoxy) is 2. The number of likely N-dealkylation sites (tertiary alicyclic amines) is 1. The highest BCUT2D eigenvalue weighted by atomic mass is 32.2. The van der Waals surface area contributed by atoms with Crippen LogP contribution in [0.1, 0.15) is 30.0 Å². The van der Waals surface area contributed by atoms with Crippen molar-refractivity contribution in [1.29, 1.82) is 0 Å². The highest BCUT2D eigenvalue weighted by Crippen LogP contribution is 2.29. The number of thioether (sulfide) groups is 1. The van der Waals surface area contributed by atoms with Crippen molar-refractivity contribution in [2.75, 3.05) is 58.3 Å². The molecule has 4 rings (SSSR count). The fraction of sp³-hybridized carbons (Fsp3) is 0.542. The molecule has 3 heterocycles. The summed E-state index contributed by atoms with van der Waals surface area (Å²) in [4.78, 5) is 26.5. The summed E-state index contributed by atoms with van der Waals surface area (Å²) in [6, 6.07) is 9.49. The molecule has 0 N–H and O–H groups in total. The van der Waals surface area contributed by atoms with E-state index in [1.165, 1.54) is 0 Å². The Morgan fingerprint density at radius 1 is 1.22 bits per heavy atom. The van der Waals surface area contributed by atoms with Crippen LogP contribution in [-0.4, -0.2) is 84.0 Å². The number of carbonyl (C=O) groups is 1. The van der Waals surface area contributed by atoms with Gasteiger partial charge in [0.1, 0.15) is 5.75 Å². The van der Waals surface area contributed by atoms with Crippen molar-refractivity contribution >= 4 is 17.7 Å². The van der Waals surface area contributed by atoms with Crippen LogP contribution in [0, 0.1) is 6.92 Å². The van der Waals surface area contributed by atoms with Crippen LogP contribution in [0.2, 0.25) is 0 Å². The zero-order valence-corrected chi connectivity index (χ0v) is 19.6. The number of aryl methyl sites for hydroxylation is 1. The molecule has 172 valence electrons. The first kappa shape index (κ1) is 23.0. The van der Waals surface area contributed by atoms with Gasteiger partial charge in [0.15, 0.2) is 11.8 Å². The van der Waals surface area contributed by atoms with E-state index in [0.717, 1.165) is 80.2 Å². The normalized spacial score (nSPS) is 19.7. The number of morpholine rings is 1. The molecular formula is C24H32N4O3S. The van der Waals surface area contributed by atoms with Gasteiger partial charge in [-0.1, -0.05) is 30.0 Å². The molecule has 2 fully saturated rings. The number of benzene rings is 1.